The second-order valence-electron chi connectivity index (χ2n) is 10.7. The zero-order chi connectivity index (χ0) is 28.3. The van der Waals surface area contributed by atoms with Crippen molar-refractivity contribution in [1.29, 1.82) is 0 Å². The molecule has 0 radical (unpaired) electrons. The first-order valence-corrected chi connectivity index (χ1v) is 15.7. The molecule has 0 aliphatic carbocycles. The lowest BCUT2D eigenvalue weighted by Gasteiger charge is -2.36. The molecular weight excluding hydrogens is 503 g/mol. The Morgan fingerprint density at radius 2 is 1.14 bits per heavy atom. The van der Waals surface area contributed by atoms with E-state index in [1.165, 1.54) is 13.8 Å². The van der Waals surface area contributed by atoms with Crippen molar-refractivity contribution in [3.63, 3.8) is 0 Å². The van der Waals surface area contributed by atoms with Crippen molar-refractivity contribution in [3.8, 4) is 0 Å². The zero-order valence-corrected chi connectivity index (χ0v) is 23.9. The molecule has 0 aromatic rings. The summed E-state index contributed by atoms with van der Waals surface area (Å²) >= 11 is 0. The molecule has 0 saturated heterocycles. The van der Waals surface area contributed by atoms with Crippen LogP contribution in [0.15, 0.2) is 0 Å². The van der Waals surface area contributed by atoms with Gasteiger partial charge < -0.3 is 13.9 Å². The normalized spacial score (nSPS) is 13.6. The molecular formula is C25H45F5O5Si. The number of carbonyl (C=O) groups excluding carboxylic acids is 2. The van der Waals surface area contributed by atoms with E-state index in [0.29, 0.717) is 19.4 Å². The van der Waals surface area contributed by atoms with Gasteiger partial charge in [0.05, 0.1) is 13.2 Å². The number of carbonyl (C=O) groups is 2. The molecule has 0 bridgehead atoms. The second kappa shape index (κ2) is 14.6. The fourth-order valence-corrected chi connectivity index (χ4v) is 4.60. The maximum atomic E-state index is 13.4. The molecule has 0 spiro atoms. The Bertz CT molecular complexity index is 657. The van der Waals surface area contributed by atoms with Gasteiger partial charge in [0.2, 0.25) is 0 Å². The molecule has 0 aromatic carbocycles. The second-order valence-corrected chi connectivity index (χ2v) is 15.5. The van der Waals surface area contributed by atoms with Gasteiger partial charge in [0.15, 0.2) is 13.7 Å². The molecule has 11 heteroatoms. The summed E-state index contributed by atoms with van der Waals surface area (Å²) in [5, 5.41) is 0.126. The van der Waals surface area contributed by atoms with E-state index in [4.69, 9.17) is 13.9 Å². The highest BCUT2D eigenvalue weighted by Crippen LogP contribution is 2.42. The number of ether oxygens (including phenoxy) is 2. The summed E-state index contributed by atoms with van der Waals surface area (Å²) < 4.78 is 80.8. The first kappa shape index (κ1) is 34.8. The third-order valence-corrected chi connectivity index (χ3v) is 11.4. The van der Waals surface area contributed by atoms with Crippen molar-refractivity contribution < 1.29 is 45.4 Å². The van der Waals surface area contributed by atoms with Gasteiger partial charge in [-0.1, -0.05) is 46.5 Å². The first-order valence-electron chi connectivity index (χ1n) is 12.8. The molecule has 0 aliphatic rings. The number of hydrogen-bond donors (Lipinski definition) is 0. The quantitative estimate of drug-likeness (QED) is 0.0609. The fourth-order valence-electron chi connectivity index (χ4n) is 3.51. The summed E-state index contributed by atoms with van der Waals surface area (Å²) in [6, 6.07) is 0. The summed E-state index contributed by atoms with van der Waals surface area (Å²) in [6.07, 6.45) is -4.86. The van der Waals surface area contributed by atoms with Gasteiger partial charge in [-0.3, -0.25) is 9.59 Å². The Labute approximate surface area is 213 Å². The number of alkyl halides is 5. The van der Waals surface area contributed by atoms with E-state index in [1.54, 1.807) is 0 Å². The smallest absolute Gasteiger partial charge is 0.453 e. The van der Waals surface area contributed by atoms with E-state index in [-0.39, 0.29) is 24.7 Å². The van der Waals surface area contributed by atoms with Crippen LogP contribution >= 0.6 is 0 Å². The number of rotatable bonds is 17. The Kier molecular flexibility index (Phi) is 14.1. The van der Waals surface area contributed by atoms with E-state index >= 15 is 0 Å². The van der Waals surface area contributed by atoms with Crippen molar-refractivity contribution in [2.75, 3.05) is 19.8 Å². The van der Waals surface area contributed by atoms with Gasteiger partial charge >= 0.3 is 24.0 Å². The summed E-state index contributed by atoms with van der Waals surface area (Å²) in [7, 11) is -1.81. The van der Waals surface area contributed by atoms with Gasteiger partial charge in [0, 0.05) is 13.0 Å². The van der Waals surface area contributed by atoms with Gasteiger partial charge in [-0.25, -0.2) is 0 Å². The van der Waals surface area contributed by atoms with Crippen LogP contribution in [0.5, 0.6) is 0 Å². The molecule has 0 fully saturated rings. The Hall–Kier alpha value is -1.23. The lowest BCUT2D eigenvalue weighted by Crippen LogP contribution is -2.43. The predicted molar refractivity (Wildman–Crippen MR) is 131 cm³/mol. The third kappa shape index (κ3) is 10.6. The molecule has 0 unspecified atom stereocenters. The standard InChI is InChI=1S/C25H45F5O5Si/c1-8-33-20(31)23(21(32)34-9-2,17-15-18-24(26,27)25(28,29)30)16-13-11-10-12-14-19-35-36(6,7)22(3,4)5/h8-19H2,1-7H3. The molecule has 0 aliphatic heterocycles. The van der Waals surface area contributed by atoms with Crippen molar-refractivity contribution in [2.45, 2.75) is 123 Å². The molecule has 214 valence electrons. The van der Waals surface area contributed by atoms with Crippen LogP contribution in [0.2, 0.25) is 18.1 Å². The zero-order valence-electron chi connectivity index (χ0n) is 22.9. The molecule has 36 heavy (non-hydrogen) atoms. The Balaban J connectivity index is 5.09. The lowest BCUT2D eigenvalue weighted by molar-refractivity contribution is -0.284. The minimum absolute atomic E-state index is 0.0390. The van der Waals surface area contributed by atoms with Crippen molar-refractivity contribution in [2.24, 2.45) is 5.41 Å². The van der Waals surface area contributed by atoms with E-state index in [0.717, 1.165) is 19.3 Å². The molecule has 5 nitrogen and oxygen atoms in total. The van der Waals surface area contributed by atoms with Crippen LogP contribution in [0.25, 0.3) is 0 Å². The topological polar surface area (TPSA) is 61.8 Å². The van der Waals surface area contributed by atoms with Crippen LogP contribution in [-0.2, 0) is 23.5 Å². The van der Waals surface area contributed by atoms with Crippen LogP contribution < -0.4 is 0 Å². The molecule has 0 heterocycles. The number of esters is 2. The van der Waals surface area contributed by atoms with E-state index in [2.05, 4.69) is 33.9 Å². The van der Waals surface area contributed by atoms with Crippen LogP contribution in [0, 0.1) is 5.41 Å². The van der Waals surface area contributed by atoms with Crippen molar-refractivity contribution in [3.05, 3.63) is 0 Å². The third-order valence-electron chi connectivity index (χ3n) is 6.86. The van der Waals surface area contributed by atoms with Crippen LogP contribution in [0.1, 0.15) is 92.4 Å². The Morgan fingerprint density at radius 3 is 1.58 bits per heavy atom. The van der Waals surface area contributed by atoms with Gasteiger partial charge in [-0.2, -0.15) is 22.0 Å². The molecule has 0 N–H and O–H groups in total. The van der Waals surface area contributed by atoms with Gasteiger partial charge in [-0.15, -0.1) is 0 Å². The summed E-state index contributed by atoms with van der Waals surface area (Å²) in [5.41, 5.74) is -1.90. The summed E-state index contributed by atoms with van der Waals surface area (Å²) in [5.74, 6) is -6.79. The van der Waals surface area contributed by atoms with Gasteiger partial charge in [0.25, 0.3) is 0 Å². The van der Waals surface area contributed by atoms with Crippen LogP contribution in [-0.4, -0.2) is 52.2 Å². The minimum Gasteiger partial charge on any atom is -0.465 e. The molecule has 0 amide bonds. The minimum atomic E-state index is -5.70. The lowest BCUT2D eigenvalue weighted by atomic mass is 9.77. The molecule has 0 atom stereocenters. The van der Waals surface area contributed by atoms with Gasteiger partial charge in [-0.05, 0) is 57.7 Å². The van der Waals surface area contributed by atoms with E-state index in [1.807, 2.05) is 0 Å². The van der Waals surface area contributed by atoms with Crippen LogP contribution in [0.4, 0.5) is 22.0 Å². The van der Waals surface area contributed by atoms with E-state index < -0.39 is 57.0 Å². The predicted octanol–water partition coefficient (Wildman–Crippen LogP) is 7.83. The molecule has 0 aromatic heterocycles. The largest absolute Gasteiger partial charge is 0.465 e. The highest BCUT2D eigenvalue weighted by molar-refractivity contribution is 6.74. The highest BCUT2D eigenvalue weighted by atomic mass is 28.4. The molecule has 0 rings (SSSR count). The van der Waals surface area contributed by atoms with Crippen molar-refractivity contribution >= 4 is 20.3 Å². The maximum absolute atomic E-state index is 13.4. The fraction of sp³-hybridized carbons (Fsp3) is 0.920. The van der Waals surface area contributed by atoms with E-state index in [9.17, 15) is 31.5 Å². The molecule has 0 saturated carbocycles. The maximum Gasteiger partial charge on any atom is 0.453 e. The van der Waals surface area contributed by atoms with Gasteiger partial charge in [0.1, 0.15) is 0 Å². The van der Waals surface area contributed by atoms with Crippen LogP contribution in [0.3, 0.4) is 0 Å². The monoisotopic (exact) mass is 548 g/mol. The Morgan fingerprint density at radius 1 is 0.694 bits per heavy atom. The first-order chi connectivity index (χ1) is 16.4. The number of unbranched alkanes of at least 4 members (excludes halogenated alkanes) is 4. The average Bonchev–Trinajstić information content (AvgIpc) is 2.72. The highest BCUT2D eigenvalue weighted by Gasteiger charge is 2.57. The summed E-state index contributed by atoms with van der Waals surface area (Å²) in [6.45, 7) is 14.5. The summed E-state index contributed by atoms with van der Waals surface area (Å²) in [4.78, 5) is 25.5. The number of halogens is 5. The SMILES string of the molecule is CCOC(=O)C(CCCCCCCO[Si](C)(C)C(C)(C)C)(CCCC(F)(F)C(F)(F)F)C(=O)OCC. The number of hydrogen-bond acceptors (Lipinski definition) is 5. The average molecular weight is 549 g/mol. The van der Waals surface area contributed by atoms with Crippen molar-refractivity contribution in [1.82, 2.24) is 0 Å².